The number of imidazole rings is 1. The molecule has 108 valence electrons. The molecule has 6 nitrogen and oxygen atoms in total. The zero-order valence-electron chi connectivity index (χ0n) is 11.6. The summed E-state index contributed by atoms with van der Waals surface area (Å²) in [5.41, 5.74) is 2.10. The molecule has 1 aromatic carbocycles. The van der Waals surface area contributed by atoms with E-state index in [0.717, 1.165) is 22.4 Å². The molecule has 22 heavy (non-hydrogen) atoms. The van der Waals surface area contributed by atoms with Gasteiger partial charge in [-0.25, -0.2) is 4.98 Å². The number of rotatable bonds is 3. The standard InChI is InChI=1S/C15H10N4O2S/c1-18-13-5-3-2-4-12(13)17-15(18)10(9-16)8-11-6-7-14(22-11)19(20)21/h2-8H,1H3/b10-8+. The van der Waals surface area contributed by atoms with E-state index in [1.54, 1.807) is 12.1 Å². The van der Waals surface area contributed by atoms with E-state index in [4.69, 9.17) is 0 Å². The molecule has 0 saturated heterocycles. The predicted octanol–water partition coefficient (Wildman–Crippen LogP) is 3.61. The number of aromatic nitrogens is 2. The summed E-state index contributed by atoms with van der Waals surface area (Å²) in [4.78, 5) is 15.4. The summed E-state index contributed by atoms with van der Waals surface area (Å²) in [7, 11) is 1.84. The van der Waals surface area contributed by atoms with Crippen LogP contribution in [0, 0.1) is 21.4 Å². The molecule has 0 aliphatic heterocycles. The topological polar surface area (TPSA) is 84.8 Å². The van der Waals surface area contributed by atoms with Crippen LogP contribution in [0.25, 0.3) is 22.7 Å². The van der Waals surface area contributed by atoms with Crippen molar-refractivity contribution in [3.63, 3.8) is 0 Å². The summed E-state index contributed by atoms with van der Waals surface area (Å²) in [6.07, 6.45) is 1.62. The first-order chi connectivity index (χ1) is 10.6. The van der Waals surface area contributed by atoms with E-state index in [-0.39, 0.29) is 5.00 Å². The Kier molecular flexibility index (Phi) is 3.45. The van der Waals surface area contributed by atoms with E-state index < -0.39 is 4.92 Å². The number of benzene rings is 1. The molecule has 0 aliphatic carbocycles. The Morgan fingerprint density at radius 3 is 2.82 bits per heavy atom. The first-order valence-corrected chi connectivity index (χ1v) is 7.19. The van der Waals surface area contributed by atoms with Crippen LogP contribution in [0.3, 0.4) is 0 Å². The SMILES string of the molecule is Cn1c(/C(C#N)=C/c2ccc([N+](=O)[O-])s2)nc2ccccc21. The van der Waals surface area contributed by atoms with Gasteiger partial charge in [-0.3, -0.25) is 10.1 Å². The highest BCUT2D eigenvalue weighted by molar-refractivity contribution is 7.16. The first kappa shape index (κ1) is 14.0. The van der Waals surface area contributed by atoms with Crippen LogP contribution in [0.1, 0.15) is 10.7 Å². The third kappa shape index (κ3) is 2.36. The monoisotopic (exact) mass is 310 g/mol. The molecule has 0 bridgehead atoms. The van der Waals surface area contributed by atoms with Gasteiger partial charge in [-0.2, -0.15) is 5.26 Å². The highest BCUT2D eigenvalue weighted by atomic mass is 32.1. The van der Waals surface area contributed by atoms with Crippen molar-refractivity contribution in [2.45, 2.75) is 0 Å². The summed E-state index contributed by atoms with van der Waals surface area (Å²) < 4.78 is 1.84. The number of allylic oxidation sites excluding steroid dienone is 1. The molecular formula is C15H10N4O2S. The minimum atomic E-state index is -0.441. The fourth-order valence-corrected chi connectivity index (χ4v) is 2.96. The number of nitro groups is 1. The number of hydrogen-bond donors (Lipinski definition) is 0. The molecule has 3 rings (SSSR count). The normalized spacial score (nSPS) is 11.5. The molecule has 0 aliphatic rings. The maximum absolute atomic E-state index is 10.7. The van der Waals surface area contributed by atoms with Crippen LogP contribution in [0.5, 0.6) is 0 Å². The van der Waals surface area contributed by atoms with Crippen LogP contribution >= 0.6 is 11.3 Å². The lowest BCUT2D eigenvalue weighted by Crippen LogP contribution is -1.95. The van der Waals surface area contributed by atoms with Crippen molar-refractivity contribution < 1.29 is 4.92 Å². The van der Waals surface area contributed by atoms with E-state index in [9.17, 15) is 15.4 Å². The fourth-order valence-electron chi connectivity index (χ4n) is 2.19. The van der Waals surface area contributed by atoms with Crippen molar-refractivity contribution in [1.29, 1.82) is 5.26 Å². The van der Waals surface area contributed by atoms with Crippen LogP contribution in [0.4, 0.5) is 5.00 Å². The number of fused-ring (bicyclic) bond motifs is 1. The summed E-state index contributed by atoms with van der Waals surface area (Å²) in [6.45, 7) is 0. The Morgan fingerprint density at radius 2 is 2.18 bits per heavy atom. The number of thiophene rings is 1. The van der Waals surface area contributed by atoms with Crippen LogP contribution < -0.4 is 0 Å². The molecule has 0 spiro atoms. The minimum Gasteiger partial charge on any atom is -0.327 e. The average Bonchev–Trinajstić information content (AvgIpc) is 3.11. The van der Waals surface area contributed by atoms with E-state index in [2.05, 4.69) is 11.1 Å². The lowest BCUT2D eigenvalue weighted by molar-refractivity contribution is -0.380. The van der Waals surface area contributed by atoms with Crippen LogP contribution in [0.2, 0.25) is 0 Å². The van der Waals surface area contributed by atoms with Crippen molar-refractivity contribution >= 4 is 39.0 Å². The molecule has 0 fully saturated rings. The number of nitriles is 1. The number of hydrogen-bond acceptors (Lipinski definition) is 5. The fraction of sp³-hybridized carbons (Fsp3) is 0.0667. The Bertz CT molecular complexity index is 946. The second-order valence-electron chi connectivity index (χ2n) is 4.59. The molecule has 0 saturated carbocycles. The molecular weight excluding hydrogens is 300 g/mol. The van der Waals surface area contributed by atoms with Gasteiger partial charge in [-0.05, 0) is 24.3 Å². The highest BCUT2D eigenvalue weighted by Crippen LogP contribution is 2.28. The number of aryl methyl sites for hydroxylation is 1. The maximum atomic E-state index is 10.7. The quantitative estimate of drug-likeness (QED) is 0.420. The molecule has 3 aromatic rings. The second kappa shape index (κ2) is 5.42. The van der Waals surface area contributed by atoms with Gasteiger partial charge < -0.3 is 4.57 Å². The summed E-state index contributed by atoms with van der Waals surface area (Å²) >= 11 is 1.03. The highest BCUT2D eigenvalue weighted by Gasteiger charge is 2.14. The maximum Gasteiger partial charge on any atom is 0.324 e. The van der Waals surface area contributed by atoms with Crippen molar-refractivity contribution in [3.05, 3.63) is 57.2 Å². The minimum absolute atomic E-state index is 0.0496. The van der Waals surface area contributed by atoms with Crippen molar-refractivity contribution in [2.75, 3.05) is 0 Å². The summed E-state index contributed by atoms with van der Waals surface area (Å²) in [5.74, 6) is 0.541. The first-order valence-electron chi connectivity index (χ1n) is 6.38. The van der Waals surface area contributed by atoms with Crippen LogP contribution in [0.15, 0.2) is 36.4 Å². The molecule has 0 radical (unpaired) electrons. The Balaban J connectivity index is 2.09. The van der Waals surface area contributed by atoms with Gasteiger partial charge in [0.05, 0.1) is 21.5 Å². The lowest BCUT2D eigenvalue weighted by Gasteiger charge is -1.99. The van der Waals surface area contributed by atoms with Gasteiger partial charge in [0.15, 0.2) is 5.82 Å². The predicted molar refractivity (Wildman–Crippen MR) is 85.2 cm³/mol. The molecule has 2 heterocycles. The zero-order valence-corrected chi connectivity index (χ0v) is 12.4. The third-order valence-electron chi connectivity index (χ3n) is 3.23. The summed E-state index contributed by atoms with van der Waals surface area (Å²) in [5, 5.41) is 20.2. The second-order valence-corrected chi connectivity index (χ2v) is 5.68. The molecule has 0 N–H and O–H groups in total. The lowest BCUT2D eigenvalue weighted by atomic mass is 10.2. The Hall–Kier alpha value is -2.98. The van der Waals surface area contributed by atoms with Gasteiger partial charge in [0.1, 0.15) is 6.07 Å². The number of para-hydroxylation sites is 2. The van der Waals surface area contributed by atoms with Gasteiger partial charge in [0.25, 0.3) is 0 Å². The van der Waals surface area contributed by atoms with E-state index in [0.29, 0.717) is 16.3 Å². The van der Waals surface area contributed by atoms with Crippen molar-refractivity contribution in [3.8, 4) is 6.07 Å². The van der Waals surface area contributed by atoms with Gasteiger partial charge >= 0.3 is 5.00 Å². The van der Waals surface area contributed by atoms with Crippen molar-refractivity contribution in [1.82, 2.24) is 9.55 Å². The smallest absolute Gasteiger partial charge is 0.324 e. The number of nitrogens with zero attached hydrogens (tertiary/aromatic N) is 4. The molecule has 0 atom stereocenters. The van der Waals surface area contributed by atoms with E-state index >= 15 is 0 Å². The molecule has 0 amide bonds. The van der Waals surface area contributed by atoms with E-state index in [1.165, 1.54) is 6.07 Å². The van der Waals surface area contributed by atoms with Gasteiger partial charge in [-0.15, -0.1) is 0 Å². The third-order valence-corrected chi connectivity index (χ3v) is 4.21. The Morgan fingerprint density at radius 1 is 1.41 bits per heavy atom. The van der Waals surface area contributed by atoms with Gasteiger partial charge in [-0.1, -0.05) is 23.5 Å². The molecule has 2 aromatic heterocycles. The van der Waals surface area contributed by atoms with Crippen LogP contribution in [-0.4, -0.2) is 14.5 Å². The molecule has 0 unspecified atom stereocenters. The zero-order chi connectivity index (χ0) is 15.7. The largest absolute Gasteiger partial charge is 0.327 e. The average molecular weight is 310 g/mol. The summed E-state index contributed by atoms with van der Waals surface area (Å²) in [6, 6.07) is 12.8. The Labute approximate surface area is 129 Å². The van der Waals surface area contributed by atoms with E-state index in [1.807, 2.05) is 35.9 Å². The van der Waals surface area contributed by atoms with Gasteiger partial charge in [0, 0.05) is 18.0 Å². The van der Waals surface area contributed by atoms with Crippen molar-refractivity contribution in [2.24, 2.45) is 7.05 Å². The van der Waals surface area contributed by atoms with Gasteiger partial charge in [0.2, 0.25) is 0 Å². The van der Waals surface area contributed by atoms with Crippen LogP contribution in [-0.2, 0) is 7.05 Å². The molecule has 7 heteroatoms.